The van der Waals surface area contributed by atoms with Crippen LogP contribution in [0.25, 0.3) is 22.2 Å². The Morgan fingerprint density at radius 1 is 1.20 bits per heavy atom. The van der Waals surface area contributed by atoms with Crippen molar-refractivity contribution in [3.63, 3.8) is 0 Å². The zero-order chi connectivity index (χ0) is 14.3. The molecule has 3 aromatic rings. The van der Waals surface area contributed by atoms with Crippen LogP contribution in [0.2, 0.25) is 0 Å². The van der Waals surface area contributed by atoms with Gasteiger partial charge in [0, 0.05) is 12.1 Å². The quantitative estimate of drug-likeness (QED) is 0.438. The summed E-state index contributed by atoms with van der Waals surface area (Å²) in [6.45, 7) is 0. The van der Waals surface area contributed by atoms with E-state index in [2.05, 4.69) is 0 Å². The molecule has 7 nitrogen and oxygen atoms in total. The van der Waals surface area contributed by atoms with Crippen molar-refractivity contribution in [1.29, 1.82) is 0 Å². The molecule has 7 heteroatoms. The number of nitro benzene ring substituents is 1. The maximum Gasteiger partial charge on any atom is 0.288 e. The smallest absolute Gasteiger partial charge is 0.288 e. The van der Waals surface area contributed by atoms with Crippen LogP contribution in [-0.2, 0) is 0 Å². The molecule has 0 spiro atoms. The number of nitro groups is 1. The number of nitrogens with zero attached hydrogens (tertiary/aromatic N) is 2. The first-order valence-corrected chi connectivity index (χ1v) is 5.67. The van der Waals surface area contributed by atoms with Gasteiger partial charge in [0.1, 0.15) is 11.3 Å². The average Bonchev–Trinajstić information content (AvgIpc) is 2.75. The van der Waals surface area contributed by atoms with E-state index in [1.807, 2.05) is 0 Å². The van der Waals surface area contributed by atoms with E-state index in [0.29, 0.717) is 11.0 Å². The number of aromatic nitrogens is 1. The summed E-state index contributed by atoms with van der Waals surface area (Å²) in [5, 5.41) is 33.0. The molecule has 1 aromatic heterocycles. The molecular weight excluding hydrogens is 264 g/mol. The Morgan fingerprint density at radius 3 is 2.70 bits per heavy atom. The molecule has 0 aliphatic carbocycles. The minimum atomic E-state index is -0.597. The maximum atomic E-state index is 11.8. The average molecular weight is 272 g/mol. The number of hydrogen-bond acceptors (Lipinski definition) is 5. The Balaban J connectivity index is 2.33. The molecule has 0 aliphatic heterocycles. The topological polar surface area (TPSA) is 103 Å². The van der Waals surface area contributed by atoms with Gasteiger partial charge in [0.25, 0.3) is 11.4 Å². The molecule has 0 atom stereocenters. The summed E-state index contributed by atoms with van der Waals surface area (Å²) in [5.74, 6) is -0.230. The Labute approximate surface area is 112 Å². The summed E-state index contributed by atoms with van der Waals surface area (Å²) in [4.78, 5) is 10.4. The van der Waals surface area contributed by atoms with Gasteiger partial charge in [-0.05, 0) is 18.2 Å². The molecule has 0 bridgehead atoms. The largest absolute Gasteiger partial charge is 0.507 e. The molecule has 20 heavy (non-hydrogen) atoms. The van der Waals surface area contributed by atoms with Gasteiger partial charge >= 0.3 is 0 Å². The fourth-order valence-corrected chi connectivity index (χ4v) is 2.05. The number of non-ortho nitro benzene ring substituents is 1. The highest BCUT2D eigenvalue weighted by Crippen LogP contribution is 2.34. The van der Waals surface area contributed by atoms with Crippen LogP contribution < -0.4 is 4.90 Å². The first-order chi connectivity index (χ1) is 9.58. The normalized spacial score (nSPS) is 10.8. The maximum absolute atomic E-state index is 11.8. The van der Waals surface area contributed by atoms with E-state index in [1.54, 1.807) is 24.3 Å². The van der Waals surface area contributed by atoms with E-state index in [9.17, 15) is 20.4 Å². The van der Waals surface area contributed by atoms with E-state index in [1.165, 1.54) is 6.07 Å². The molecule has 0 fully saturated rings. The molecule has 2 aromatic carbocycles. The zero-order valence-corrected chi connectivity index (χ0v) is 10.0. The summed E-state index contributed by atoms with van der Waals surface area (Å²) >= 11 is 0. The number of hydrogen-bond donors (Lipinski definition) is 1. The lowest BCUT2D eigenvalue weighted by atomic mass is 10.1. The summed E-state index contributed by atoms with van der Waals surface area (Å²) < 4.78 is 4.99. The molecule has 0 radical (unpaired) electrons. The first-order valence-electron chi connectivity index (χ1n) is 5.67. The highest BCUT2D eigenvalue weighted by atomic mass is 16.7. The van der Waals surface area contributed by atoms with E-state index in [-0.39, 0.29) is 27.6 Å². The Kier molecular flexibility index (Phi) is 2.53. The van der Waals surface area contributed by atoms with Crippen LogP contribution in [-0.4, -0.2) is 10.0 Å². The van der Waals surface area contributed by atoms with Crippen molar-refractivity contribution >= 4 is 16.7 Å². The van der Waals surface area contributed by atoms with Gasteiger partial charge in [-0.2, -0.15) is 0 Å². The summed E-state index contributed by atoms with van der Waals surface area (Å²) in [7, 11) is 0. The molecule has 0 amide bonds. The second-order valence-corrected chi connectivity index (χ2v) is 4.15. The lowest BCUT2D eigenvalue weighted by Gasteiger charge is -1.99. The second-order valence-electron chi connectivity index (χ2n) is 4.15. The fraction of sp³-hybridized carbons (Fsp3) is 0. The monoisotopic (exact) mass is 272 g/mol. The SMILES string of the molecule is O=[N+]([O-])c1ccc(O)c(-c2c3ccccc3o[n+]2[O-])c1. The Morgan fingerprint density at radius 2 is 1.95 bits per heavy atom. The predicted octanol–water partition coefficient (Wildman–Crippen LogP) is 2.35. The molecule has 0 saturated carbocycles. The third-order valence-corrected chi connectivity index (χ3v) is 2.95. The van der Waals surface area contributed by atoms with E-state index < -0.39 is 4.92 Å². The number of para-hydroxylation sites is 1. The number of aromatic hydroxyl groups is 1. The van der Waals surface area contributed by atoms with Crippen LogP contribution in [0.5, 0.6) is 5.75 Å². The summed E-state index contributed by atoms with van der Waals surface area (Å²) in [6.07, 6.45) is 0. The molecular formula is C13H8N2O5. The van der Waals surface area contributed by atoms with Crippen LogP contribution >= 0.6 is 0 Å². The summed E-state index contributed by atoms with van der Waals surface area (Å²) in [5.41, 5.74) is 0.215. The number of benzene rings is 2. The van der Waals surface area contributed by atoms with Crippen LogP contribution in [0, 0.1) is 15.3 Å². The van der Waals surface area contributed by atoms with Gasteiger partial charge in [0.05, 0.1) is 20.8 Å². The third-order valence-electron chi connectivity index (χ3n) is 2.95. The van der Waals surface area contributed by atoms with Crippen LogP contribution in [0.15, 0.2) is 47.0 Å². The van der Waals surface area contributed by atoms with Crippen molar-refractivity contribution in [2.24, 2.45) is 0 Å². The van der Waals surface area contributed by atoms with Crippen molar-refractivity contribution in [3.05, 3.63) is 57.8 Å². The summed E-state index contributed by atoms with van der Waals surface area (Å²) in [6, 6.07) is 10.1. The molecule has 0 unspecified atom stereocenters. The molecule has 0 aliphatic rings. The van der Waals surface area contributed by atoms with Gasteiger partial charge in [0.2, 0.25) is 0 Å². The minimum Gasteiger partial charge on any atom is -0.507 e. The van der Waals surface area contributed by atoms with Crippen molar-refractivity contribution in [2.45, 2.75) is 0 Å². The standard InChI is InChI=1S/C13H8N2O5/c16-11-6-5-8(14(17)18)7-10(11)13-9-3-1-2-4-12(9)20-15(13)19/h1-7,16H. The first kappa shape index (κ1) is 12.0. The van der Waals surface area contributed by atoms with E-state index in [4.69, 9.17) is 4.52 Å². The second kappa shape index (κ2) is 4.23. The van der Waals surface area contributed by atoms with Crippen molar-refractivity contribution < 1.29 is 19.5 Å². The van der Waals surface area contributed by atoms with Crippen molar-refractivity contribution in [2.75, 3.05) is 0 Å². The third kappa shape index (κ3) is 1.72. The van der Waals surface area contributed by atoms with Crippen LogP contribution in [0.1, 0.15) is 0 Å². The predicted molar refractivity (Wildman–Crippen MR) is 68.9 cm³/mol. The van der Waals surface area contributed by atoms with Gasteiger partial charge in [-0.25, -0.2) is 0 Å². The fourth-order valence-electron chi connectivity index (χ4n) is 2.05. The van der Waals surface area contributed by atoms with Gasteiger partial charge in [-0.15, -0.1) is 0 Å². The minimum absolute atomic E-state index is 0.0433. The van der Waals surface area contributed by atoms with Crippen molar-refractivity contribution in [1.82, 2.24) is 0 Å². The number of phenols is 1. The molecule has 0 saturated heterocycles. The number of fused-ring (bicyclic) bond motifs is 1. The van der Waals surface area contributed by atoms with Crippen molar-refractivity contribution in [3.8, 4) is 17.0 Å². The molecule has 3 rings (SSSR count). The lowest BCUT2D eigenvalue weighted by molar-refractivity contribution is -0.779. The number of phenolic OH excluding ortho intramolecular Hbond substituents is 1. The molecule has 1 N–H and O–H groups in total. The zero-order valence-electron chi connectivity index (χ0n) is 10.0. The highest BCUT2D eigenvalue weighted by Gasteiger charge is 2.24. The number of rotatable bonds is 2. The molecule has 100 valence electrons. The van der Waals surface area contributed by atoms with Gasteiger partial charge < -0.3 is 9.63 Å². The highest BCUT2D eigenvalue weighted by molar-refractivity contribution is 5.91. The Hall–Kier alpha value is -3.09. The van der Waals surface area contributed by atoms with Gasteiger partial charge in [0.15, 0.2) is 0 Å². The molecule has 1 heterocycles. The van der Waals surface area contributed by atoms with Gasteiger partial charge in [-0.3, -0.25) is 15.3 Å². The van der Waals surface area contributed by atoms with Crippen LogP contribution in [0.3, 0.4) is 0 Å². The Bertz CT molecular complexity index is 825. The lowest BCUT2D eigenvalue weighted by Crippen LogP contribution is -2.24. The van der Waals surface area contributed by atoms with E-state index in [0.717, 1.165) is 12.1 Å². The van der Waals surface area contributed by atoms with Crippen LogP contribution in [0.4, 0.5) is 5.69 Å². The van der Waals surface area contributed by atoms with E-state index >= 15 is 0 Å². The van der Waals surface area contributed by atoms with Gasteiger partial charge in [-0.1, -0.05) is 12.1 Å².